The van der Waals surface area contributed by atoms with Crippen molar-refractivity contribution < 1.29 is 4.84 Å². The first kappa shape index (κ1) is 7.10. The quantitative estimate of drug-likeness (QED) is 0.432. The molecule has 0 N–H and O–H groups in total. The zero-order valence-electron chi connectivity index (χ0n) is 6.92. The van der Waals surface area contributed by atoms with Crippen molar-refractivity contribution in [2.45, 2.75) is 12.8 Å². The van der Waals surface area contributed by atoms with Gasteiger partial charge in [-0.3, -0.25) is 0 Å². The first-order valence-electron chi connectivity index (χ1n) is 4.15. The van der Waals surface area contributed by atoms with Crippen molar-refractivity contribution in [3.8, 4) is 0 Å². The number of hydrogen-bond donors (Lipinski definition) is 0. The summed E-state index contributed by atoms with van der Waals surface area (Å²) in [4.78, 5) is 7.15. The van der Waals surface area contributed by atoms with Gasteiger partial charge in [-0.05, 0) is 19.4 Å². The van der Waals surface area contributed by atoms with E-state index in [0.717, 1.165) is 0 Å². The molecule has 3 saturated heterocycles. The van der Waals surface area contributed by atoms with Crippen molar-refractivity contribution in [1.82, 2.24) is 4.90 Å². The van der Waals surface area contributed by atoms with E-state index >= 15 is 0 Å². The Hall–Kier alpha value is -0.570. The van der Waals surface area contributed by atoms with E-state index < -0.39 is 0 Å². The summed E-state index contributed by atoms with van der Waals surface area (Å²) in [6.45, 7) is 3.67. The van der Waals surface area contributed by atoms with Crippen LogP contribution < -0.4 is 0 Å². The summed E-state index contributed by atoms with van der Waals surface area (Å²) in [6, 6.07) is 0. The van der Waals surface area contributed by atoms with Gasteiger partial charge in [0.1, 0.15) is 7.11 Å². The van der Waals surface area contributed by atoms with Crippen LogP contribution in [0.25, 0.3) is 0 Å². The zero-order chi connectivity index (χ0) is 7.73. The Balaban J connectivity index is 1.96. The Bertz CT molecular complexity index is 167. The summed E-state index contributed by atoms with van der Waals surface area (Å²) in [5.74, 6) is 0. The number of piperidine rings is 2. The standard InChI is InChI=1S/C8H14N2O/c1-11-9-5-8-3-2-4-10(6-8)7-8/h5H,2-4,6-7H2,1H3/b9-5+. The molecule has 3 aliphatic rings. The number of hydrogen-bond acceptors (Lipinski definition) is 3. The fourth-order valence-electron chi connectivity index (χ4n) is 2.13. The van der Waals surface area contributed by atoms with Crippen molar-refractivity contribution in [2.75, 3.05) is 26.7 Å². The van der Waals surface area contributed by atoms with Gasteiger partial charge in [0.25, 0.3) is 0 Å². The first-order valence-corrected chi connectivity index (χ1v) is 4.15. The van der Waals surface area contributed by atoms with E-state index in [-0.39, 0.29) is 0 Å². The lowest BCUT2D eigenvalue weighted by Gasteiger charge is -2.52. The third-order valence-electron chi connectivity index (χ3n) is 2.66. The van der Waals surface area contributed by atoms with Crippen molar-refractivity contribution in [1.29, 1.82) is 0 Å². The summed E-state index contributed by atoms with van der Waals surface area (Å²) >= 11 is 0. The number of nitrogens with zero attached hydrogens (tertiary/aromatic N) is 2. The summed E-state index contributed by atoms with van der Waals surface area (Å²) < 4.78 is 0. The van der Waals surface area contributed by atoms with E-state index in [1.807, 2.05) is 6.21 Å². The maximum absolute atomic E-state index is 4.69. The van der Waals surface area contributed by atoms with E-state index in [1.165, 1.54) is 32.5 Å². The summed E-state index contributed by atoms with van der Waals surface area (Å²) in [6.07, 6.45) is 4.59. The molecule has 3 fully saturated rings. The molecule has 0 unspecified atom stereocenters. The molecule has 3 heterocycles. The highest BCUT2D eigenvalue weighted by molar-refractivity contribution is 5.67. The summed E-state index contributed by atoms with van der Waals surface area (Å²) in [5, 5.41) is 3.85. The van der Waals surface area contributed by atoms with Crippen LogP contribution >= 0.6 is 0 Å². The largest absolute Gasteiger partial charge is 0.399 e. The van der Waals surface area contributed by atoms with E-state index in [2.05, 4.69) is 14.9 Å². The van der Waals surface area contributed by atoms with Gasteiger partial charge in [-0.15, -0.1) is 0 Å². The molecule has 0 aromatic heterocycles. The van der Waals surface area contributed by atoms with Gasteiger partial charge < -0.3 is 9.74 Å². The average Bonchev–Trinajstić information content (AvgIpc) is 2.01. The minimum atomic E-state index is 0.383. The van der Waals surface area contributed by atoms with Crippen LogP contribution in [-0.2, 0) is 4.84 Å². The van der Waals surface area contributed by atoms with Gasteiger partial charge >= 0.3 is 0 Å². The molecule has 11 heavy (non-hydrogen) atoms. The molecule has 62 valence electrons. The second-order valence-corrected chi connectivity index (χ2v) is 3.59. The predicted octanol–water partition coefficient (Wildman–Crippen LogP) is 0.714. The minimum Gasteiger partial charge on any atom is -0.399 e. The van der Waals surface area contributed by atoms with Crippen LogP contribution in [0.3, 0.4) is 0 Å². The Kier molecular flexibility index (Phi) is 1.60. The lowest BCUT2D eigenvalue weighted by atomic mass is 9.73. The molecule has 0 aromatic rings. The fraction of sp³-hybridized carbons (Fsp3) is 0.875. The maximum atomic E-state index is 4.69. The van der Waals surface area contributed by atoms with Crippen molar-refractivity contribution in [3.05, 3.63) is 0 Å². The molecular formula is C8H14N2O. The Morgan fingerprint density at radius 2 is 2.36 bits per heavy atom. The fourth-order valence-corrected chi connectivity index (χ4v) is 2.13. The van der Waals surface area contributed by atoms with Crippen LogP contribution in [0.15, 0.2) is 5.16 Å². The lowest BCUT2D eigenvalue weighted by molar-refractivity contribution is 0.00564. The van der Waals surface area contributed by atoms with E-state index in [1.54, 1.807) is 7.11 Å². The summed E-state index contributed by atoms with van der Waals surface area (Å²) in [5.41, 5.74) is 0.383. The van der Waals surface area contributed by atoms with Crippen LogP contribution in [-0.4, -0.2) is 37.9 Å². The van der Waals surface area contributed by atoms with Crippen LogP contribution in [0.2, 0.25) is 0 Å². The normalized spacial score (nSPS) is 42.1. The van der Waals surface area contributed by atoms with Crippen molar-refractivity contribution in [2.24, 2.45) is 10.6 Å². The van der Waals surface area contributed by atoms with Crippen LogP contribution in [0.4, 0.5) is 0 Å². The molecule has 3 heteroatoms. The highest BCUT2D eigenvalue weighted by Crippen LogP contribution is 2.38. The smallest absolute Gasteiger partial charge is 0.106 e. The van der Waals surface area contributed by atoms with Gasteiger partial charge in [-0.2, -0.15) is 0 Å². The zero-order valence-corrected chi connectivity index (χ0v) is 6.92. The van der Waals surface area contributed by atoms with Crippen LogP contribution in [0.1, 0.15) is 12.8 Å². The molecular weight excluding hydrogens is 140 g/mol. The molecule has 0 saturated carbocycles. The topological polar surface area (TPSA) is 24.8 Å². The maximum Gasteiger partial charge on any atom is 0.106 e. The lowest BCUT2D eigenvalue weighted by Crippen LogP contribution is -2.60. The number of rotatable bonds is 2. The highest BCUT2D eigenvalue weighted by atomic mass is 16.6. The SMILES string of the molecule is CO/N=C/C12CCCN(C1)C2. The van der Waals surface area contributed by atoms with Crippen LogP contribution in [0.5, 0.6) is 0 Å². The van der Waals surface area contributed by atoms with Gasteiger partial charge in [0.15, 0.2) is 0 Å². The van der Waals surface area contributed by atoms with Crippen molar-refractivity contribution in [3.63, 3.8) is 0 Å². The van der Waals surface area contributed by atoms with Gasteiger partial charge in [-0.25, -0.2) is 0 Å². The number of oxime groups is 1. The highest BCUT2D eigenvalue weighted by Gasteiger charge is 2.44. The third-order valence-corrected chi connectivity index (χ3v) is 2.66. The molecule has 0 amide bonds. The molecule has 3 nitrogen and oxygen atoms in total. The van der Waals surface area contributed by atoms with Gasteiger partial charge in [0, 0.05) is 18.5 Å². The Labute approximate surface area is 67.0 Å². The monoisotopic (exact) mass is 154 g/mol. The second-order valence-electron chi connectivity index (χ2n) is 3.59. The Morgan fingerprint density at radius 3 is 2.91 bits per heavy atom. The molecule has 0 radical (unpaired) electrons. The molecule has 3 rings (SSSR count). The van der Waals surface area contributed by atoms with Gasteiger partial charge in [0.2, 0.25) is 0 Å². The van der Waals surface area contributed by atoms with E-state index in [9.17, 15) is 0 Å². The van der Waals surface area contributed by atoms with Gasteiger partial charge in [-0.1, -0.05) is 5.16 Å². The minimum absolute atomic E-state index is 0.383. The third kappa shape index (κ3) is 1.13. The molecule has 2 bridgehead atoms. The van der Waals surface area contributed by atoms with Gasteiger partial charge in [0.05, 0.1) is 6.21 Å². The van der Waals surface area contributed by atoms with E-state index in [4.69, 9.17) is 0 Å². The predicted molar refractivity (Wildman–Crippen MR) is 43.6 cm³/mol. The molecule has 0 aliphatic carbocycles. The molecule has 0 aromatic carbocycles. The molecule has 0 atom stereocenters. The first-order chi connectivity index (χ1) is 5.35. The Morgan fingerprint density at radius 1 is 1.55 bits per heavy atom. The molecule has 0 spiro atoms. The summed E-state index contributed by atoms with van der Waals surface area (Å²) in [7, 11) is 1.60. The average molecular weight is 154 g/mol. The van der Waals surface area contributed by atoms with Crippen molar-refractivity contribution >= 4 is 6.21 Å². The van der Waals surface area contributed by atoms with Crippen LogP contribution in [0, 0.1) is 5.41 Å². The second kappa shape index (κ2) is 2.48. The molecule has 3 aliphatic heterocycles. The van der Waals surface area contributed by atoms with E-state index in [0.29, 0.717) is 5.41 Å². The number of fused-ring (bicyclic) bond motifs is 2.